The molecular weight excluding hydrogens is 532 g/mol. The molecule has 0 spiro atoms. The fraction of sp³-hybridized carbons (Fsp3) is 0.743. The van der Waals surface area contributed by atoms with Crippen molar-refractivity contribution in [3.63, 3.8) is 0 Å². The van der Waals surface area contributed by atoms with Gasteiger partial charge in [0.25, 0.3) is 10.1 Å². The van der Waals surface area contributed by atoms with Crippen molar-refractivity contribution in [3.8, 4) is 5.75 Å². The van der Waals surface area contributed by atoms with E-state index in [9.17, 15) is 13.2 Å². The van der Waals surface area contributed by atoms with E-state index in [-0.39, 0.29) is 10.6 Å². The summed E-state index contributed by atoms with van der Waals surface area (Å²) >= 11 is 0. The van der Waals surface area contributed by atoms with Gasteiger partial charge >= 0.3 is 5.97 Å². The second-order valence-electron chi connectivity index (χ2n) is 11.7. The minimum absolute atomic E-state index is 0.233. The average molecular weight is 593 g/mol. The van der Waals surface area contributed by atoms with E-state index < -0.39 is 16.1 Å². The van der Waals surface area contributed by atoms with Crippen molar-refractivity contribution in [3.05, 3.63) is 36.4 Å². The third-order valence-corrected chi connectivity index (χ3v) is 8.69. The highest BCUT2D eigenvalue weighted by atomic mass is 32.2. The van der Waals surface area contributed by atoms with Gasteiger partial charge in [-0.25, -0.2) is 4.79 Å². The number of unbranched alkanes of at least 4 members (excludes halogenated alkanes) is 24. The molecule has 0 radical (unpaired) electrons. The summed E-state index contributed by atoms with van der Waals surface area (Å²) in [4.78, 5) is 11.6. The van der Waals surface area contributed by atoms with Gasteiger partial charge in [-0.2, -0.15) is 8.42 Å². The first-order chi connectivity index (χ1) is 19.9. The topological polar surface area (TPSA) is 80.7 Å². The number of carbonyl (C=O) groups is 1. The summed E-state index contributed by atoms with van der Waals surface area (Å²) < 4.78 is 36.2. The first-order valence-electron chi connectivity index (χ1n) is 16.9. The Balaban J connectivity index is 1.79. The summed E-state index contributed by atoms with van der Waals surface area (Å²) in [6.07, 6.45) is 37.2. The van der Waals surface area contributed by atoms with E-state index in [4.69, 9.17) is 9.29 Å². The van der Waals surface area contributed by atoms with Gasteiger partial charge in [-0.1, -0.05) is 161 Å². The van der Waals surface area contributed by atoms with Gasteiger partial charge in [0.15, 0.2) is 0 Å². The highest BCUT2D eigenvalue weighted by molar-refractivity contribution is 7.85. The second-order valence-corrected chi connectivity index (χ2v) is 13.1. The molecule has 0 fully saturated rings. The fourth-order valence-corrected chi connectivity index (χ4v) is 5.71. The van der Waals surface area contributed by atoms with Gasteiger partial charge in [0.1, 0.15) is 5.75 Å². The lowest BCUT2D eigenvalue weighted by Gasteiger charge is -2.04. The van der Waals surface area contributed by atoms with Gasteiger partial charge in [0.2, 0.25) is 0 Å². The van der Waals surface area contributed by atoms with Crippen molar-refractivity contribution in [2.75, 3.05) is 0 Å². The fourth-order valence-electron chi connectivity index (χ4n) is 5.23. The minimum Gasteiger partial charge on any atom is -0.423 e. The zero-order chi connectivity index (χ0) is 29.9. The molecule has 0 atom stereocenters. The van der Waals surface area contributed by atoms with Crippen LogP contribution in [0.1, 0.15) is 167 Å². The lowest BCUT2D eigenvalue weighted by atomic mass is 10.0. The Bertz CT molecular complexity index is 876. The van der Waals surface area contributed by atoms with Crippen LogP contribution in [0.2, 0.25) is 0 Å². The number of allylic oxidation sites excluding steroid dienone is 1. The molecule has 0 bridgehead atoms. The molecule has 41 heavy (non-hydrogen) atoms. The van der Waals surface area contributed by atoms with E-state index in [1.54, 1.807) is 0 Å². The van der Waals surface area contributed by atoms with Crippen LogP contribution < -0.4 is 4.74 Å². The molecule has 1 aromatic carbocycles. The lowest BCUT2D eigenvalue weighted by molar-refractivity contribution is -0.129. The molecule has 5 nitrogen and oxygen atoms in total. The molecule has 0 heterocycles. The zero-order valence-corrected chi connectivity index (χ0v) is 26.9. The molecule has 0 unspecified atom stereocenters. The first kappa shape index (κ1) is 37.4. The van der Waals surface area contributed by atoms with E-state index in [0.29, 0.717) is 0 Å². The molecule has 0 saturated heterocycles. The maximum Gasteiger partial charge on any atom is 0.335 e. The molecule has 1 N–H and O–H groups in total. The Morgan fingerprint density at radius 3 is 1.29 bits per heavy atom. The van der Waals surface area contributed by atoms with Crippen LogP contribution in [0.3, 0.4) is 0 Å². The summed E-state index contributed by atoms with van der Waals surface area (Å²) in [5, 5.41) is 0. The van der Waals surface area contributed by atoms with Gasteiger partial charge < -0.3 is 4.74 Å². The first-order valence-corrected chi connectivity index (χ1v) is 18.3. The molecule has 0 aliphatic carbocycles. The van der Waals surface area contributed by atoms with Gasteiger partial charge in [-0.05, 0) is 37.1 Å². The van der Waals surface area contributed by atoms with Crippen LogP contribution in [0, 0.1) is 0 Å². The number of ether oxygens (including phenoxy) is 1. The van der Waals surface area contributed by atoms with Crippen LogP contribution in [-0.2, 0) is 14.9 Å². The van der Waals surface area contributed by atoms with Gasteiger partial charge in [-0.15, -0.1) is 0 Å². The molecule has 6 heteroatoms. The lowest BCUT2D eigenvalue weighted by Crippen LogP contribution is -2.04. The van der Waals surface area contributed by atoms with Crippen molar-refractivity contribution in [1.29, 1.82) is 0 Å². The summed E-state index contributed by atoms with van der Waals surface area (Å²) in [5.41, 5.74) is 0. The molecule has 0 saturated carbocycles. The van der Waals surface area contributed by atoms with E-state index in [1.165, 1.54) is 178 Å². The number of esters is 1. The van der Waals surface area contributed by atoms with Crippen molar-refractivity contribution in [2.45, 2.75) is 172 Å². The van der Waals surface area contributed by atoms with Crippen molar-refractivity contribution < 1.29 is 22.5 Å². The van der Waals surface area contributed by atoms with E-state index in [0.717, 1.165) is 12.8 Å². The molecule has 1 aromatic rings. The minimum atomic E-state index is -4.25. The normalized spacial score (nSPS) is 11.9. The molecule has 236 valence electrons. The number of carbonyl (C=O) groups excluding carboxylic acids is 1. The molecule has 0 aliphatic rings. The Morgan fingerprint density at radius 1 is 0.610 bits per heavy atom. The highest BCUT2D eigenvalue weighted by Crippen LogP contribution is 2.17. The summed E-state index contributed by atoms with van der Waals surface area (Å²) in [6.45, 7) is 2.29. The van der Waals surface area contributed by atoms with E-state index >= 15 is 0 Å². The van der Waals surface area contributed by atoms with Crippen LogP contribution in [0.5, 0.6) is 5.75 Å². The van der Waals surface area contributed by atoms with E-state index in [2.05, 4.69) is 6.92 Å². The molecular formula is C35H60O5S. The maximum atomic E-state index is 11.9. The molecule has 1 rings (SSSR count). The average Bonchev–Trinajstić information content (AvgIpc) is 2.94. The quantitative estimate of drug-likeness (QED) is 0.0344. The van der Waals surface area contributed by atoms with Gasteiger partial charge in [0.05, 0.1) is 4.90 Å². The number of benzene rings is 1. The largest absolute Gasteiger partial charge is 0.423 e. The predicted octanol–water partition coefficient (Wildman–Crippen LogP) is 11.2. The van der Waals surface area contributed by atoms with Crippen LogP contribution in [-0.4, -0.2) is 18.9 Å². The SMILES string of the molecule is CCCCCCCCCCCCCCCCCCCCCCCCCCC=CC(=O)Oc1ccc(S(=O)(=O)O)cc1. The standard InChI is InChI=1S/C35H60O5S/c1-2-3-4-5-6-7-8-9-10-11-12-13-14-15-16-17-18-19-20-21-22-23-24-25-26-27-28-35(36)40-33-29-31-34(32-30-33)41(37,38)39/h27-32H,2-26H2,1H3,(H,37,38,39). The predicted molar refractivity (Wildman–Crippen MR) is 172 cm³/mol. The van der Waals surface area contributed by atoms with Crippen molar-refractivity contribution in [2.24, 2.45) is 0 Å². The summed E-state index contributed by atoms with van der Waals surface area (Å²) in [6, 6.07) is 5.08. The van der Waals surface area contributed by atoms with Crippen molar-refractivity contribution in [1.82, 2.24) is 0 Å². The van der Waals surface area contributed by atoms with Crippen molar-refractivity contribution >= 4 is 16.1 Å². The number of rotatable bonds is 28. The van der Waals surface area contributed by atoms with Gasteiger partial charge in [0, 0.05) is 6.08 Å². The van der Waals surface area contributed by atoms with E-state index in [1.807, 2.05) is 6.08 Å². The summed E-state index contributed by atoms with van der Waals surface area (Å²) in [7, 11) is -4.25. The molecule has 0 amide bonds. The second kappa shape index (κ2) is 26.0. The Kier molecular flexibility index (Phi) is 23.7. The molecule has 0 aromatic heterocycles. The highest BCUT2D eigenvalue weighted by Gasteiger charge is 2.09. The third kappa shape index (κ3) is 23.6. The smallest absolute Gasteiger partial charge is 0.335 e. The Hall–Kier alpha value is -1.66. The Labute approximate surface area is 252 Å². The Morgan fingerprint density at radius 2 is 0.951 bits per heavy atom. The number of hydrogen-bond donors (Lipinski definition) is 1. The molecule has 0 aliphatic heterocycles. The van der Waals surface area contributed by atoms with Crippen LogP contribution in [0.25, 0.3) is 0 Å². The van der Waals surface area contributed by atoms with Crippen LogP contribution in [0.4, 0.5) is 0 Å². The van der Waals surface area contributed by atoms with Crippen LogP contribution in [0.15, 0.2) is 41.3 Å². The maximum absolute atomic E-state index is 11.9. The van der Waals surface area contributed by atoms with Crippen LogP contribution >= 0.6 is 0 Å². The zero-order valence-electron chi connectivity index (χ0n) is 26.1. The number of hydrogen-bond acceptors (Lipinski definition) is 4. The summed E-state index contributed by atoms with van der Waals surface area (Å²) in [5.74, 6) is -0.254. The third-order valence-electron chi connectivity index (χ3n) is 7.82. The monoisotopic (exact) mass is 592 g/mol. The van der Waals surface area contributed by atoms with Gasteiger partial charge in [-0.3, -0.25) is 4.55 Å².